The van der Waals surface area contributed by atoms with Gasteiger partial charge < -0.3 is 10.0 Å². The number of aromatic nitrogens is 1. The monoisotopic (exact) mass is 338 g/mol. The number of pyridine rings is 1. The Balaban J connectivity index is 2.34. The summed E-state index contributed by atoms with van der Waals surface area (Å²) in [6, 6.07) is 1.02. The zero-order valence-electron chi connectivity index (χ0n) is 10.3. The van der Waals surface area contributed by atoms with Gasteiger partial charge in [-0.25, -0.2) is 4.98 Å². The lowest BCUT2D eigenvalue weighted by molar-refractivity contribution is -0.137. The van der Waals surface area contributed by atoms with Crippen molar-refractivity contribution in [2.24, 2.45) is 5.92 Å². The summed E-state index contributed by atoms with van der Waals surface area (Å²) < 4.78 is 39.3. The van der Waals surface area contributed by atoms with Crippen molar-refractivity contribution in [1.82, 2.24) is 4.98 Å². The molecule has 2 atom stereocenters. The van der Waals surface area contributed by atoms with Gasteiger partial charge in [0.15, 0.2) is 0 Å². The molecule has 2 heterocycles. The summed E-state index contributed by atoms with van der Waals surface area (Å²) in [6.07, 6.45) is -3.09. The van der Waals surface area contributed by atoms with Gasteiger partial charge in [-0.3, -0.25) is 0 Å². The number of aliphatic hydroxyl groups excluding tert-OH is 1. The Morgan fingerprint density at radius 2 is 2.16 bits per heavy atom. The number of piperidine rings is 1. The molecule has 0 saturated carbocycles. The van der Waals surface area contributed by atoms with E-state index in [-0.39, 0.29) is 22.8 Å². The highest BCUT2D eigenvalue weighted by molar-refractivity contribution is 9.10. The summed E-state index contributed by atoms with van der Waals surface area (Å²) in [7, 11) is 0. The maximum atomic E-state index is 13.0. The van der Waals surface area contributed by atoms with Gasteiger partial charge in [0.25, 0.3) is 0 Å². The molecule has 1 N–H and O–H groups in total. The molecule has 1 saturated heterocycles. The minimum Gasteiger partial charge on any atom is -0.391 e. The van der Waals surface area contributed by atoms with Crippen molar-refractivity contribution in [3.63, 3.8) is 0 Å². The summed E-state index contributed by atoms with van der Waals surface area (Å²) in [5, 5.41) is 9.80. The molecule has 19 heavy (non-hydrogen) atoms. The van der Waals surface area contributed by atoms with Gasteiger partial charge in [0.1, 0.15) is 5.82 Å². The molecule has 0 aliphatic carbocycles. The highest BCUT2D eigenvalue weighted by Gasteiger charge is 2.37. The number of halogens is 4. The molecule has 1 aromatic heterocycles. The zero-order chi connectivity index (χ0) is 14.2. The number of alkyl halides is 3. The van der Waals surface area contributed by atoms with E-state index in [1.54, 1.807) is 0 Å². The lowest BCUT2D eigenvalue weighted by Gasteiger charge is -2.36. The summed E-state index contributed by atoms with van der Waals surface area (Å²) in [5.41, 5.74) is -0.774. The van der Waals surface area contributed by atoms with Crippen molar-refractivity contribution in [2.45, 2.75) is 25.6 Å². The average molecular weight is 339 g/mol. The third-order valence-corrected chi connectivity index (χ3v) is 3.79. The van der Waals surface area contributed by atoms with Crippen LogP contribution in [0.2, 0.25) is 0 Å². The normalized spacial score (nSPS) is 24.6. The van der Waals surface area contributed by atoms with E-state index < -0.39 is 17.8 Å². The van der Waals surface area contributed by atoms with Crippen LogP contribution in [0.5, 0.6) is 0 Å². The first-order valence-corrected chi connectivity index (χ1v) is 6.74. The van der Waals surface area contributed by atoms with Crippen molar-refractivity contribution >= 4 is 21.7 Å². The molecule has 1 aromatic rings. The fraction of sp³-hybridized carbons (Fsp3) is 0.583. The summed E-state index contributed by atoms with van der Waals surface area (Å²) in [4.78, 5) is 5.38. The number of hydrogen-bond donors (Lipinski definition) is 1. The summed E-state index contributed by atoms with van der Waals surface area (Å²) in [6.45, 7) is 2.54. The van der Waals surface area contributed by atoms with E-state index in [4.69, 9.17) is 0 Å². The van der Waals surface area contributed by atoms with E-state index in [9.17, 15) is 18.3 Å². The van der Waals surface area contributed by atoms with Crippen LogP contribution in [-0.2, 0) is 6.18 Å². The van der Waals surface area contributed by atoms with E-state index in [1.807, 2.05) is 6.92 Å². The van der Waals surface area contributed by atoms with Crippen molar-refractivity contribution in [3.05, 3.63) is 22.3 Å². The average Bonchev–Trinajstić information content (AvgIpc) is 2.32. The smallest absolute Gasteiger partial charge is 0.391 e. The van der Waals surface area contributed by atoms with E-state index in [2.05, 4.69) is 20.9 Å². The van der Waals surface area contributed by atoms with Gasteiger partial charge in [-0.15, -0.1) is 0 Å². The van der Waals surface area contributed by atoms with Gasteiger partial charge in [0, 0.05) is 23.8 Å². The minimum absolute atomic E-state index is 0.0982. The highest BCUT2D eigenvalue weighted by Crippen LogP contribution is 2.37. The zero-order valence-corrected chi connectivity index (χ0v) is 11.9. The van der Waals surface area contributed by atoms with E-state index in [0.717, 1.165) is 6.07 Å². The fourth-order valence-corrected chi connectivity index (χ4v) is 2.47. The Hall–Kier alpha value is -0.820. The molecule has 1 fully saturated rings. The largest absolute Gasteiger partial charge is 0.419 e. The van der Waals surface area contributed by atoms with Crippen LogP contribution in [-0.4, -0.2) is 29.3 Å². The first-order valence-electron chi connectivity index (χ1n) is 5.95. The molecule has 0 aromatic carbocycles. The molecule has 2 rings (SSSR count). The SMILES string of the molecule is CC1CCN(c2ncc(Br)cc2C(F)(F)F)CC1O. The third kappa shape index (κ3) is 3.20. The predicted octanol–water partition coefficient (Wildman–Crippen LogP) is 3.07. The Morgan fingerprint density at radius 3 is 2.74 bits per heavy atom. The number of aliphatic hydroxyl groups is 1. The van der Waals surface area contributed by atoms with Crippen molar-refractivity contribution in [3.8, 4) is 0 Å². The Kier molecular flexibility index (Phi) is 4.06. The molecule has 0 amide bonds. The second-order valence-corrected chi connectivity index (χ2v) is 5.72. The lowest BCUT2D eigenvalue weighted by Crippen LogP contribution is -2.44. The highest BCUT2D eigenvalue weighted by atomic mass is 79.9. The van der Waals surface area contributed by atoms with Gasteiger partial charge >= 0.3 is 6.18 Å². The number of nitrogens with zero attached hydrogens (tertiary/aromatic N) is 2. The van der Waals surface area contributed by atoms with Gasteiger partial charge in [0.05, 0.1) is 11.7 Å². The lowest BCUT2D eigenvalue weighted by atomic mass is 9.96. The third-order valence-electron chi connectivity index (χ3n) is 3.36. The van der Waals surface area contributed by atoms with Crippen molar-refractivity contribution in [1.29, 1.82) is 0 Å². The number of rotatable bonds is 1. The van der Waals surface area contributed by atoms with Crippen LogP contribution in [0.1, 0.15) is 18.9 Å². The topological polar surface area (TPSA) is 36.4 Å². The van der Waals surface area contributed by atoms with E-state index in [1.165, 1.54) is 11.1 Å². The van der Waals surface area contributed by atoms with Crippen LogP contribution in [0.4, 0.5) is 19.0 Å². The molecular weight excluding hydrogens is 325 g/mol. The minimum atomic E-state index is -4.46. The number of hydrogen-bond acceptors (Lipinski definition) is 3. The van der Waals surface area contributed by atoms with E-state index >= 15 is 0 Å². The van der Waals surface area contributed by atoms with Crippen LogP contribution >= 0.6 is 15.9 Å². The van der Waals surface area contributed by atoms with Crippen LogP contribution in [0, 0.1) is 5.92 Å². The molecule has 0 bridgehead atoms. The Morgan fingerprint density at radius 1 is 1.47 bits per heavy atom. The van der Waals surface area contributed by atoms with Crippen molar-refractivity contribution < 1.29 is 18.3 Å². The summed E-state index contributed by atoms with van der Waals surface area (Å²) in [5.74, 6) is -0.0114. The van der Waals surface area contributed by atoms with Gasteiger partial charge in [-0.2, -0.15) is 13.2 Å². The maximum absolute atomic E-state index is 13.0. The second kappa shape index (κ2) is 5.28. The fourth-order valence-electron chi connectivity index (χ4n) is 2.13. The first kappa shape index (κ1) is 14.6. The van der Waals surface area contributed by atoms with Crippen LogP contribution < -0.4 is 4.90 Å². The first-order chi connectivity index (χ1) is 8.79. The molecule has 2 unspecified atom stereocenters. The number of anilines is 1. The van der Waals surface area contributed by atoms with Crippen LogP contribution in [0.3, 0.4) is 0 Å². The van der Waals surface area contributed by atoms with E-state index in [0.29, 0.717) is 13.0 Å². The molecule has 1 aliphatic rings. The van der Waals surface area contributed by atoms with Gasteiger partial charge in [-0.05, 0) is 34.3 Å². The predicted molar refractivity (Wildman–Crippen MR) is 68.9 cm³/mol. The number of β-amino-alcohol motifs (C(OH)–C–C–N with tert-alkyl or cyclic N) is 1. The Labute approximate surface area is 117 Å². The van der Waals surface area contributed by atoms with Crippen LogP contribution in [0.15, 0.2) is 16.7 Å². The standard InChI is InChI=1S/C12H14BrF3N2O/c1-7-2-3-18(6-10(7)19)11-9(12(14,15)16)4-8(13)5-17-11/h4-5,7,10,19H,2-3,6H2,1H3. The molecule has 0 spiro atoms. The van der Waals surface area contributed by atoms with Gasteiger partial charge in [-0.1, -0.05) is 6.92 Å². The second-order valence-electron chi connectivity index (χ2n) is 4.80. The Bertz CT molecular complexity index is 467. The molecular formula is C12H14BrF3N2O. The quantitative estimate of drug-likeness (QED) is 0.854. The molecule has 1 aliphatic heterocycles. The molecule has 106 valence electrons. The maximum Gasteiger partial charge on any atom is 0.419 e. The van der Waals surface area contributed by atoms with Crippen molar-refractivity contribution in [2.75, 3.05) is 18.0 Å². The molecule has 0 radical (unpaired) electrons. The van der Waals surface area contributed by atoms with Gasteiger partial charge in [0.2, 0.25) is 0 Å². The molecule has 3 nitrogen and oxygen atoms in total. The van der Waals surface area contributed by atoms with Crippen LogP contribution in [0.25, 0.3) is 0 Å². The molecule has 7 heteroatoms. The summed E-state index contributed by atoms with van der Waals surface area (Å²) >= 11 is 3.00.